The van der Waals surface area contributed by atoms with Crippen molar-refractivity contribution in [1.82, 2.24) is 9.80 Å². The minimum Gasteiger partial charge on any atom is -0.454 e. The fourth-order valence-corrected chi connectivity index (χ4v) is 3.86. The molecule has 158 valence electrons. The predicted octanol–water partition coefficient (Wildman–Crippen LogP) is 2.07. The van der Waals surface area contributed by atoms with Gasteiger partial charge in [-0.1, -0.05) is 24.3 Å². The second kappa shape index (κ2) is 8.71. The minimum atomic E-state index is -0.652. The van der Waals surface area contributed by atoms with Gasteiger partial charge in [0.05, 0.1) is 6.61 Å². The molecule has 8 heteroatoms. The number of halogens is 1. The third kappa shape index (κ3) is 4.09. The van der Waals surface area contributed by atoms with Gasteiger partial charge in [0.15, 0.2) is 11.5 Å². The fraction of sp³-hybridized carbons (Fsp3) is 0.364. The van der Waals surface area contributed by atoms with Gasteiger partial charge in [0.1, 0.15) is 11.9 Å². The van der Waals surface area contributed by atoms with Crippen LogP contribution >= 0.6 is 0 Å². The number of aliphatic hydroxyl groups is 1. The number of rotatable bonds is 7. The number of nitrogens with zero attached hydrogens (tertiary/aromatic N) is 2. The molecule has 0 bridgehead atoms. The summed E-state index contributed by atoms with van der Waals surface area (Å²) < 4.78 is 24.8. The summed E-state index contributed by atoms with van der Waals surface area (Å²) in [4.78, 5) is 28.7. The monoisotopic (exact) mass is 414 g/mol. The summed E-state index contributed by atoms with van der Waals surface area (Å²) >= 11 is 0. The van der Waals surface area contributed by atoms with Crippen LogP contribution in [0.2, 0.25) is 0 Å². The van der Waals surface area contributed by atoms with Crippen LogP contribution in [-0.4, -0.2) is 52.7 Å². The van der Waals surface area contributed by atoms with Crippen LogP contribution in [0.25, 0.3) is 0 Å². The molecule has 30 heavy (non-hydrogen) atoms. The smallest absolute Gasteiger partial charge is 0.245 e. The molecule has 0 spiro atoms. The van der Waals surface area contributed by atoms with Gasteiger partial charge in [0, 0.05) is 31.6 Å². The molecule has 2 aliphatic rings. The second-order valence-electron chi connectivity index (χ2n) is 7.34. The number of likely N-dealkylation sites (tertiary alicyclic amines) is 1. The molecule has 1 unspecified atom stereocenters. The number of carbonyl (C=O) groups excluding carboxylic acids is 2. The number of aliphatic hydroxyl groups excluding tert-OH is 1. The van der Waals surface area contributed by atoms with Crippen molar-refractivity contribution in [3.8, 4) is 11.5 Å². The first-order valence-electron chi connectivity index (χ1n) is 9.88. The lowest BCUT2D eigenvalue weighted by Gasteiger charge is -2.30. The Morgan fingerprint density at radius 2 is 2.00 bits per heavy atom. The molecule has 4 rings (SSSR count). The van der Waals surface area contributed by atoms with E-state index in [1.807, 2.05) is 6.07 Å². The van der Waals surface area contributed by atoms with Crippen LogP contribution < -0.4 is 9.47 Å². The molecule has 0 aromatic heterocycles. The van der Waals surface area contributed by atoms with Crippen molar-refractivity contribution in [2.24, 2.45) is 0 Å². The molecule has 1 fully saturated rings. The lowest BCUT2D eigenvalue weighted by Crippen LogP contribution is -2.47. The Bertz CT molecular complexity index is 951. The highest BCUT2D eigenvalue weighted by molar-refractivity contribution is 5.91. The Balaban J connectivity index is 1.51. The van der Waals surface area contributed by atoms with Crippen LogP contribution in [0, 0.1) is 5.82 Å². The second-order valence-corrected chi connectivity index (χ2v) is 7.34. The van der Waals surface area contributed by atoms with Gasteiger partial charge in [-0.05, 0) is 30.2 Å². The standard InChI is InChI=1S/C22H23FN2O5/c23-17-4-2-1-3-16(17)13-24(9-10-26)22(28)18-6-8-21(27)25(18)12-15-5-7-19-20(11-15)30-14-29-19/h1-5,7,11,18,26H,6,8-10,12-14H2. The predicted molar refractivity (Wildman–Crippen MR) is 105 cm³/mol. The normalized spacial score (nSPS) is 17.5. The van der Waals surface area contributed by atoms with E-state index in [0.717, 1.165) is 5.56 Å². The van der Waals surface area contributed by atoms with Gasteiger partial charge in [0.25, 0.3) is 0 Å². The zero-order valence-electron chi connectivity index (χ0n) is 16.4. The highest BCUT2D eigenvalue weighted by Gasteiger charge is 2.38. The van der Waals surface area contributed by atoms with Crippen LogP contribution in [0.15, 0.2) is 42.5 Å². The Morgan fingerprint density at radius 3 is 2.80 bits per heavy atom. The summed E-state index contributed by atoms with van der Waals surface area (Å²) in [6.07, 6.45) is 0.662. The van der Waals surface area contributed by atoms with E-state index < -0.39 is 11.9 Å². The highest BCUT2D eigenvalue weighted by atomic mass is 19.1. The van der Waals surface area contributed by atoms with Gasteiger partial charge in [-0.3, -0.25) is 9.59 Å². The first kappa shape index (κ1) is 20.2. The van der Waals surface area contributed by atoms with Gasteiger partial charge in [-0.15, -0.1) is 0 Å². The summed E-state index contributed by atoms with van der Waals surface area (Å²) in [7, 11) is 0. The zero-order chi connectivity index (χ0) is 21.1. The van der Waals surface area contributed by atoms with Crippen LogP contribution in [0.1, 0.15) is 24.0 Å². The Hall–Kier alpha value is -3.13. The van der Waals surface area contributed by atoms with Crippen molar-refractivity contribution in [1.29, 1.82) is 0 Å². The van der Waals surface area contributed by atoms with E-state index in [-0.39, 0.29) is 51.3 Å². The molecule has 2 aromatic rings. The number of fused-ring (bicyclic) bond motifs is 1. The summed E-state index contributed by atoms with van der Waals surface area (Å²) in [6, 6.07) is 11.0. The third-order valence-corrected chi connectivity index (χ3v) is 5.40. The number of hydrogen-bond acceptors (Lipinski definition) is 5. The van der Waals surface area contributed by atoms with E-state index in [0.29, 0.717) is 23.5 Å². The number of carbonyl (C=O) groups is 2. The van der Waals surface area contributed by atoms with Gasteiger partial charge >= 0.3 is 0 Å². The van der Waals surface area contributed by atoms with E-state index in [1.54, 1.807) is 35.2 Å². The Labute approximate surface area is 173 Å². The maximum Gasteiger partial charge on any atom is 0.245 e. The summed E-state index contributed by atoms with van der Waals surface area (Å²) in [6.45, 7) is 0.278. The number of hydrogen-bond donors (Lipinski definition) is 1. The molecule has 2 heterocycles. The number of amides is 2. The van der Waals surface area contributed by atoms with Crippen molar-refractivity contribution in [3.63, 3.8) is 0 Å². The molecule has 0 aliphatic carbocycles. The zero-order valence-corrected chi connectivity index (χ0v) is 16.4. The Kier molecular flexibility index (Phi) is 5.85. The highest BCUT2D eigenvalue weighted by Crippen LogP contribution is 2.34. The van der Waals surface area contributed by atoms with Gasteiger partial charge < -0.3 is 24.4 Å². The molecule has 0 radical (unpaired) electrons. The van der Waals surface area contributed by atoms with Crippen molar-refractivity contribution in [3.05, 3.63) is 59.4 Å². The molecule has 0 saturated carbocycles. The molecule has 2 amide bonds. The molecule has 1 N–H and O–H groups in total. The topological polar surface area (TPSA) is 79.3 Å². The lowest BCUT2D eigenvalue weighted by molar-refractivity contribution is -0.142. The SMILES string of the molecule is O=C(C1CCC(=O)N1Cc1ccc2c(c1)OCO2)N(CCO)Cc1ccccc1F. The molecule has 2 aromatic carbocycles. The molecular weight excluding hydrogens is 391 g/mol. The van der Waals surface area contributed by atoms with Crippen LogP contribution in [-0.2, 0) is 22.7 Å². The largest absolute Gasteiger partial charge is 0.454 e. The molecule has 2 aliphatic heterocycles. The van der Waals surface area contributed by atoms with Crippen LogP contribution in [0.4, 0.5) is 4.39 Å². The fourth-order valence-electron chi connectivity index (χ4n) is 3.86. The van der Waals surface area contributed by atoms with E-state index in [1.165, 1.54) is 11.0 Å². The molecule has 1 atom stereocenters. The third-order valence-electron chi connectivity index (χ3n) is 5.40. The van der Waals surface area contributed by atoms with Crippen LogP contribution in [0.5, 0.6) is 11.5 Å². The maximum atomic E-state index is 14.1. The van der Waals surface area contributed by atoms with E-state index in [4.69, 9.17) is 9.47 Å². The number of benzene rings is 2. The average molecular weight is 414 g/mol. The Morgan fingerprint density at radius 1 is 1.20 bits per heavy atom. The number of ether oxygens (including phenoxy) is 2. The average Bonchev–Trinajstić information content (AvgIpc) is 3.35. The van der Waals surface area contributed by atoms with Crippen LogP contribution in [0.3, 0.4) is 0 Å². The molecular formula is C22H23FN2O5. The molecule has 1 saturated heterocycles. The minimum absolute atomic E-state index is 0.0363. The molecule has 7 nitrogen and oxygen atoms in total. The van der Waals surface area contributed by atoms with Gasteiger partial charge in [-0.25, -0.2) is 4.39 Å². The van der Waals surface area contributed by atoms with Crippen molar-refractivity contribution in [2.75, 3.05) is 19.9 Å². The van der Waals surface area contributed by atoms with E-state index in [9.17, 15) is 19.1 Å². The first-order chi connectivity index (χ1) is 14.6. The lowest BCUT2D eigenvalue weighted by atomic mass is 10.1. The summed E-state index contributed by atoms with van der Waals surface area (Å²) in [5, 5.41) is 9.42. The van der Waals surface area contributed by atoms with E-state index >= 15 is 0 Å². The van der Waals surface area contributed by atoms with Crippen molar-refractivity contribution >= 4 is 11.8 Å². The van der Waals surface area contributed by atoms with E-state index in [2.05, 4.69) is 0 Å². The van der Waals surface area contributed by atoms with Crippen molar-refractivity contribution in [2.45, 2.75) is 32.0 Å². The quantitative estimate of drug-likeness (QED) is 0.750. The van der Waals surface area contributed by atoms with Gasteiger partial charge in [-0.2, -0.15) is 0 Å². The maximum absolute atomic E-state index is 14.1. The van der Waals surface area contributed by atoms with Crippen molar-refractivity contribution < 1.29 is 28.6 Å². The van der Waals surface area contributed by atoms with Gasteiger partial charge in [0.2, 0.25) is 18.6 Å². The first-order valence-corrected chi connectivity index (χ1v) is 9.88. The summed E-state index contributed by atoms with van der Waals surface area (Å²) in [5.41, 5.74) is 1.20. The summed E-state index contributed by atoms with van der Waals surface area (Å²) in [5.74, 6) is 0.453.